The molecule has 4 rings (SSSR count). The Morgan fingerprint density at radius 3 is 2.81 bits per heavy atom. The monoisotopic (exact) mass is 511 g/mol. The van der Waals surface area contributed by atoms with Crippen molar-refractivity contribution in [1.29, 1.82) is 0 Å². The molecule has 1 aliphatic heterocycles. The summed E-state index contributed by atoms with van der Waals surface area (Å²) >= 11 is 1.36. The molecule has 0 bridgehead atoms. The van der Waals surface area contributed by atoms with Crippen molar-refractivity contribution in [2.24, 2.45) is 5.92 Å². The Morgan fingerprint density at radius 1 is 1.28 bits per heavy atom. The van der Waals surface area contributed by atoms with E-state index in [4.69, 9.17) is 4.74 Å². The highest BCUT2D eigenvalue weighted by Gasteiger charge is 2.36. The molecule has 36 heavy (non-hydrogen) atoms. The second-order valence-electron chi connectivity index (χ2n) is 8.92. The predicted molar refractivity (Wildman–Crippen MR) is 135 cm³/mol. The Bertz CT molecular complexity index is 1200. The molecular formula is C27H30FN3O4S. The molecule has 0 spiro atoms. The van der Waals surface area contributed by atoms with Crippen LogP contribution in [0.15, 0.2) is 53.9 Å². The van der Waals surface area contributed by atoms with Crippen molar-refractivity contribution in [3.05, 3.63) is 81.6 Å². The number of rotatable bonds is 9. The molecule has 190 valence electrons. The molecule has 2 aromatic carbocycles. The number of aliphatic hydroxyl groups is 1. The van der Waals surface area contributed by atoms with Crippen LogP contribution in [-0.2, 0) is 22.6 Å². The fraction of sp³-hybridized carbons (Fsp3) is 0.370. The van der Waals surface area contributed by atoms with E-state index in [9.17, 15) is 19.1 Å². The number of halogens is 1. The smallest absolute Gasteiger partial charge is 0.250 e. The van der Waals surface area contributed by atoms with Crippen molar-refractivity contribution in [1.82, 2.24) is 15.2 Å². The van der Waals surface area contributed by atoms with Crippen LogP contribution in [0.3, 0.4) is 0 Å². The Morgan fingerprint density at radius 2 is 2.06 bits per heavy atom. The van der Waals surface area contributed by atoms with Gasteiger partial charge in [0.05, 0.1) is 31.3 Å². The Kier molecular flexibility index (Phi) is 8.32. The third-order valence-electron chi connectivity index (χ3n) is 6.48. The van der Waals surface area contributed by atoms with Crippen LogP contribution in [0, 0.1) is 11.7 Å². The molecule has 0 aliphatic carbocycles. The second-order valence-corrected chi connectivity index (χ2v) is 9.86. The molecule has 1 aromatic heterocycles. The van der Waals surface area contributed by atoms with Crippen LogP contribution in [0.25, 0.3) is 0 Å². The van der Waals surface area contributed by atoms with Gasteiger partial charge in [-0.15, -0.1) is 11.3 Å². The molecule has 1 aliphatic rings. The number of thiazole rings is 1. The van der Waals surface area contributed by atoms with E-state index in [-0.39, 0.29) is 24.3 Å². The van der Waals surface area contributed by atoms with Gasteiger partial charge in [0.15, 0.2) is 0 Å². The molecule has 0 radical (unpaired) electrons. The van der Waals surface area contributed by atoms with Crippen LogP contribution >= 0.6 is 11.3 Å². The van der Waals surface area contributed by atoms with Crippen molar-refractivity contribution in [3.8, 4) is 5.75 Å². The van der Waals surface area contributed by atoms with Crippen LogP contribution in [0.1, 0.15) is 47.6 Å². The standard InChI is InChI=1S/C27H30FN3O4S/c1-17(27(34)31-12-6-9-22(31)18-7-4-3-5-8-18)25(32)26(33)29-15-24-30-21(16-36-24)14-19-13-20(28)10-11-23(19)35-2/h3-5,7-8,10-11,13,16-17,22,25,32H,6,9,12,14-15H2,1-2H3,(H,29,33)/t17-,22?,25-/m1/s1. The summed E-state index contributed by atoms with van der Waals surface area (Å²) in [6.45, 7) is 2.31. The SMILES string of the molecule is COc1ccc(F)cc1Cc1csc(CNC(=O)[C@H](O)[C@@H](C)C(=O)N2CCCC2c2ccccc2)n1. The molecule has 7 nitrogen and oxygen atoms in total. The quantitative estimate of drug-likeness (QED) is 0.455. The molecule has 0 saturated carbocycles. The number of nitrogens with one attached hydrogen (secondary N) is 1. The van der Waals surface area contributed by atoms with Crippen molar-refractivity contribution in [2.45, 2.75) is 44.9 Å². The second kappa shape index (κ2) is 11.6. The first-order valence-electron chi connectivity index (χ1n) is 11.9. The van der Waals surface area contributed by atoms with E-state index in [1.807, 2.05) is 35.7 Å². The van der Waals surface area contributed by atoms with Gasteiger partial charge < -0.3 is 20.1 Å². The van der Waals surface area contributed by atoms with Crippen molar-refractivity contribution < 1.29 is 23.8 Å². The number of likely N-dealkylation sites (tertiary alicyclic amines) is 1. The van der Waals surface area contributed by atoms with Crippen LogP contribution < -0.4 is 10.1 Å². The average molecular weight is 512 g/mol. The maximum Gasteiger partial charge on any atom is 0.250 e. The summed E-state index contributed by atoms with van der Waals surface area (Å²) in [5.74, 6) is -1.50. The number of benzene rings is 2. The number of aromatic nitrogens is 1. The van der Waals surface area contributed by atoms with Crippen molar-refractivity contribution in [3.63, 3.8) is 0 Å². The van der Waals surface area contributed by atoms with Gasteiger partial charge in [0, 0.05) is 23.9 Å². The van der Waals surface area contributed by atoms with Gasteiger partial charge in [-0.2, -0.15) is 0 Å². The first-order chi connectivity index (χ1) is 17.4. The zero-order valence-corrected chi connectivity index (χ0v) is 21.1. The summed E-state index contributed by atoms with van der Waals surface area (Å²) in [6, 6.07) is 14.1. The Balaban J connectivity index is 1.32. The van der Waals surface area contributed by atoms with Crippen molar-refractivity contribution >= 4 is 23.2 Å². The lowest BCUT2D eigenvalue weighted by Crippen LogP contribution is -2.45. The maximum atomic E-state index is 13.6. The first kappa shape index (κ1) is 25.8. The van der Waals surface area contributed by atoms with Gasteiger partial charge in [0.25, 0.3) is 0 Å². The molecular weight excluding hydrogens is 481 g/mol. The molecule has 1 unspecified atom stereocenters. The van der Waals surface area contributed by atoms with E-state index >= 15 is 0 Å². The predicted octanol–water partition coefficient (Wildman–Crippen LogP) is 3.86. The summed E-state index contributed by atoms with van der Waals surface area (Å²) < 4.78 is 18.9. The van der Waals surface area contributed by atoms with Gasteiger partial charge in [0.1, 0.15) is 22.7 Å². The minimum absolute atomic E-state index is 0.0399. The summed E-state index contributed by atoms with van der Waals surface area (Å²) in [5.41, 5.74) is 2.46. The lowest BCUT2D eigenvalue weighted by molar-refractivity contribution is -0.146. The topological polar surface area (TPSA) is 91.8 Å². The molecule has 2 heterocycles. The third kappa shape index (κ3) is 5.91. The van der Waals surface area contributed by atoms with Gasteiger partial charge >= 0.3 is 0 Å². The molecule has 3 atom stereocenters. The van der Waals surface area contributed by atoms with E-state index < -0.39 is 17.9 Å². The highest BCUT2D eigenvalue weighted by atomic mass is 32.1. The maximum absolute atomic E-state index is 13.6. The lowest BCUT2D eigenvalue weighted by atomic mass is 9.99. The van der Waals surface area contributed by atoms with E-state index in [0.29, 0.717) is 29.3 Å². The number of hydrogen-bond donors (Lipinski definition) is 2. The molecule has 3 aromatic rings. The highest BCUT2D eigenvalue weighted by molar-refractivity contribution is 7.09. The number of carbonyl (C=O) groups excluding carboxylic acids is 2. The minimum atomic E-state index is -1.47. The van der Waals surface area contributed by atoms with Crippen molar-refractivity contribution in [2.75, 3.05) is 13.7 Å². The van der Waals surface area contributed by atoms with Gasteiger partial charge in [-0.25, -0.2) is 9.37 Å². The molecule has 1 saturated heterocycles. The number of amides is 2. The number of methoxy groups -OCH3 is 1. The number of carbonyl (C=O) groups is 2. The van der Waals surface area contributed by atoms with Crippen LogP contribution in [0.4, 0.5) is 4.39 Å². The van der Waals surface area contributed by atoms with Crippen LogP contribution in [0.5, 0.6) is 5.75 Å². The molecule has 9 heteroatoms. The highest BCUT2D eigenvalue weighted by Crippen LogP contribution is 2.33. The normalized spacial score (nSPS) is 17.0. The summed E-state index contributed by atoms with van der Waals surface area (Å²) in [7, 11) is 1.53. The fourth-order valence-electron chi connectivity index (χ4n) is 4.53. The summed E-state index contributed by atoms with van der Waals surface area (Å²) in [4.78, 5) is 32.0. The summed E-state index contributed by atoms with van der Waals surface area (Å²) in [5, 5.41) is 15.8. The first-order valence-corrected chi connectivity index (χ1v) is 12.8. The van der Waals surface area contributed by atoms with E-state index in [1.165, 1.54) is 30.6 Å². The van der Waals surface area contributed by atoms with E-state index in [1.54, 1.807) is 17.9 Å². The lowest BCUT2D eigenvalue weighted by Gasteiger charge is -2.29. The average Bonchev–Trinajstić information content (AvgIpc) is 3.56. The zero-order valence-electron chi connectivity index (χ0n) is 20.3. The van der Waals surface area contributed by atoms with Gasteiger partial charge in [-0.05, 0) is 36.6 Å². The number of ether oxygens (including phenoxy) is 1. The van der Waals surface area contributed by atoms with Crippen LogP contribution in [-0.4, -0.2) is 46.6 Å². The van der Waals surface area contributed by atoms with Gasteiger partial charge in [-0.1, -0.05) is 37.3 Å². The van der Waals surface area contributed by atoms with Crippen LogP contribution in [0.2, 0.25) is 0 Å². The minimum Gasteiger partial charge on any atom is -0.496 e. The van der Waals surface area contributed by atoms with Gasteiger partial charge in [0.2, 0.25) is 11.8 Å². The molecule has 1 fully saturated rings. The largest absolute Gasteiger partial charge is 0.496 e. The third-order valence-corrected chi connectivity index (χ3v) is 7.38. The fourth-order valence-corrected chi connectivity index (χ4v) is 5.27. The van der Waals surface area contributed by atoms with Gasteiger partial charge in [-0.3, -0.25) is 9.59 Å². The van der Waals surface area contributed by atoms with E-state index in [2.05, 4.69) is 10.3 Å². The molecule has 2 N–H and O–H groups in total. The number of nitrogens with zero attached hydrogens (tertiary/aromatic N) is 2. The Labute approximate surface area is 213 Å². The molecule has 2 amide bonds. The Hall–Kier alpha value is -3.30. The zero-order chi connectivity index (χ0) is 25.7. The number of aliphatic hydroxyl groups excluding tert-OH is 1. The van der Waals surface area contributed by atoms with E-state index in [0.717, 1.165) is 24.1 Å². The summed E-state index contributed by atoms with van der Waals surface area (Å²) in [6.07, 6.45) is 0.663. The number of hydrogen-bond acceptors (Lipinski definition) is 6.